The number of unbranched alkanes of at least 4 members (excludes halogenated alkanes) is 28. The van der Waals surface area contributed by atoms with Gasteiger partial charge in [0.25, 0.3) is 0 Å². The van der Waals surface area contributed by atoms with E-state index in [4.69, 9.17) is 0 Å². The molecule has 0 spiro atoms. The summed E-state index contributed by atoms with van der Waals surface area (Å²) in [6.07, 6.45) is 64.9. The van der Waals surface area contributed by atoms with Crippen molar-refractivity contribution >= 4 is 5.91 Å². The molecule has 4 nitrogen and oxygen atoms in total. The van der Waals surface area contributed by atoms with Gasteiger partial charge in [0, 0.05) is 6.42 Å². The summed E-state index contributed by atoms with van der Waals surface area (Å²) in [5, 5.41) is 23.0. The minimum atomic E-state index is -0.869. The Morgan fingerprint density at radius 3 is 1.27 bits per heavy atom. The van der Waals surface area contributed by atoms with Gasteiger partial charge in [-0.2, -0.15) is 0 Å². The van der Waals surface area contributed by atoms with Crippen LogP contribution < -0.4 is 5.32 Å². The number of carbonyl (C=O) groups excluding carboxylic acids is 1. The van der Waals surface area contributed by atoms with E-state index in [1.807, 2.05) is 6.08 Å². The fourth-order valence-corrected chi connectivity index (χ4v) is 7.09. The van der Waals surface area contributed by atoms with E-state index in [0.717, 1.165) is 64.2 Å². The molecular formula is C51H93NO3. The molecule has 0 saturated heterocycles. The van der Waals surface area contributed by atoms with Crippen LogP contribution in [0.5, 0.6) is 0 Å². The number of allylic oxidation sites excluding steroid dienone is 9. The number of rotatable bonds is 43. The Bertz CT molecular complexity index is 919. The number of amides is 1. The van der Waals surface area contributed by atoms with Gasteiger partial charge >= 0.3 is 0 Å². The Kier molecular flexibility index (Phi) is 44.9. The first kappa shape index (κ1) is 53.1. The van der Waals surface area contributed by atoms with Gasteiger partial charge in [-0.3, -0.25) is 4.79 Å². The van der Waals surface area contributed by atoms with Gasteiger partial charge in [0.15, 0.2) is 0 Å². The third-order valence-corrected chi connectivity index (χ3v) is 10.7. The Labute approximate surface area is 343 Å². The molecule has 0 aliphatic heterocycles. The second kappa shape index (κ2) is 46.5. The Hall–Kier alpha value is -1.91. The highest BCUT2D eigenvalue weighted by Gasteiger charge is 2.17. The van der Waals surface area contributed by atoms with Crippen molar-refractivity contribution in [3.05, 3.63) is 60.8 Å². The van der Waals surface area contributed by atoms with Crippen LogP contribution >= 0.6 is 0 Å². The predicted octanol–water partition coefficient (Wildman–Crippen LogP) is 15.3. The van der Waals surface area contributed by atoms with Crippen LogP contribution in [0.1, 0.15) is 239 Å². The normalized spacial score (nSPS) is 13.5. The molecule has 0 fully saturated rings. The van der Waals surface area contributed by atoms with Gasteiger partial charge in [0.2, 0.25) is 5.91 Å². The van der Waals surface area contributed by atoms with Crippen LogP contribution in [0, 0.1) is 0 Å². The quantitative estimate of drug-likeness (QED) is 0.0427. The number of aliphatic hydroxyl groups is 2. The summed E-state index contributed by atoms with van der Waals surface area (Å²) in [4.78, 5) is 12.4. The molecule has 0 bridgehead atoms. The molecular weight excluding hydrogens is 675 g/mol. The van der Waals surface area contributed by atoms with E-state index in [2.05, 4.69) is 67.8 Å². The molecule has 1 amide bonds. The van der Waals surface area contributed by atoms with Crippen LogP contribution in [0.2, 0.25) is 0 Å². The second-order valence-corrected chi connectivity index (χ2v) is 16.1. The minimum absolute atomic E-state index is 0.0847. The summed E-state index contributed by atoms with van der Waals surface area (Å²) in [5.74, 6) is -0.0847. The van der Waals surface area contributed by atoms with Crippen LogP contribution in [0.25, 0.3) is 0 Å². The molecule has 0 aromatic carbocycles. The summed E-state index contributed by atoms with van der Waals surface area (Å²) in [6.45, 7) is 4.19. The van der Waals surface area contributed by atoms with Gasteiger partial charge in [-0.1, -0.05) is 229 Å². The molecule has 55 heavy (non-hydrogen) atoms. The van der Waals surface area contributed by atoms with Crippen molar-refractivity contribution in [3.63, 3.8) is 0 Å². The summed E-state index contributed by atoms with van der Waals surface area (Å²) in [7, 11) is 0. The summed E-state index contributed by atoms with van der Waals surface area (Å²) < 4.78 is 0. The van der Waals surface area contributed by atoms with Crippen LogP contribution in [0.15, 0.2) is 60.8 Å². The maximum absolute atomic E-state index is 12.4. The molecule has 0 rings (SSSR count). The topological polar surface area (TPSA) is 69.6 Å². The molecule has 0 heterocycles. The molecule has 0 aromatic heterocycles. The molecule has 320 valence electrons. The van der Waals surface area contributed by atoms with E-state index in [1.165, 1.54) is 154 Å². The zero-order valence-corrected chi connectivity index (χ0v) is 36.7. The number of nitrogens with one attached hydrogen (secondary N) is 1. The van der Waals surface area contributed by atoms with E-state index >= 15 is 0 Å². The molecule has 0 aliphatic rings. The van der Waals surface area contributed by atoms with Crippen molar-refractivity contribution in [2.24, 2.45) is 0 Å². The lowest BCUT2D eigenvalue weighted by molar-refractivity contribution is -0.123. The van der Waals surface area contributed by atoms with Gasteiger partial charge in [0.05, 0.1) is 18.8 Å². The zero-order chi connectivity index (χ0) is 40.0. The Balaban J connectivity index is 3.58. The van der Waals surface area contributed by atoms with Crippen molar-refractivity contribution < 1.29 is 15.0 Å². The lowest BCUT2D eigenvalue weighted by Crippen LogP contribution is -2.45. The van der Waals surface area contributed by atoms with Gasteiger partial charge < -0.3 is 15.5 Å². The summed E-state index contributed by atoms with van der Waals surface area (Å²) in [6, 6.07) is -0.647. The second-order valence-electron chi connectivity index (χ2n) is 16.1. The zero-order valence-electron chi connectivity index (χ0n) is 36.7. The standard InChI is InChI=1S/C51H93NO3/c1-3-5-7-9-11-13-15-17-19-21-22-23-24-25-26-27-28-29-31-32-34-36-38-40-42-44-46-50(54)49(48-53)52-51(55)47-45-43-41-39-37-35-33-30-20-18-16-14-12-10-8-6-4-2/h6,8,12,14,18,20,36,38,44,46,49-50,53-54H,3-5,7,9-11,13,15-17,19,21-35,37,39-43,45,47-48H2,1-2H3,(H,52,55)/b8-6-,14-12-,20-18-,38-36+,46-44+. The molecule has 4 heteroatoms. The van der Waals surface area contributed by atoms with E-state index in [-0.39, 0.29) is 12.5 Å². The van der Waals surface area contributed by atoms with Crippen LogP contribution in [-0.2, 0) is 4.79 Å². The maximum Gasteiger partial charge on any atom is 0.220 e. The minimum Gasteiger partial charge on any atom is -0.394 e. The molecule has 0 aliphatic carbocycles. The highest BCUT2D eigenvalue weighted by molar-refractivity contribution is 5.76. The van der Waals surface area contributed by atoms with E-state index in [9.17, 15) is 15.0 Å². The first-order valence-corrected chi connectivity index (χ1v) is 24.0. The summed E-state index contributed by atoms with van der Waals surface area (Å²) in [5.41, 5.74) is 0. The third-order valence-electron chi connectivity index (χ3n) is 10.7. The largest absolute Gasteiger partial charge is 0.394 e. The fraction of sp³-hybridized carbons (Fsp3) is 0.784. The Morgan fingerprint density at radius 2 is 0.818 bits per heavy atom. The van der Waals surface area contributed by atoms with Gasteiger partial charge in [-0.05, 0) is 64.2 Å². The summed E-state index contributed by atoms with van der Waals surface area (Å²) >= 11 is 0. The molecule has 0 radical (unpaired) electrons. The van der Waals surface area contributed by atoms with Crippen molar-refractivity contribution in [1.82, 2.24) is 5.32 Å². The lowest BCUT2D eigenvalue weighted by atomic mass is 10.0. The monoisotopic (exact) mass is 768 g/mol. The van der Waals surface area contributed by atoms with Crippen LogP contribution in [-0.4, -0.2) is 34.9 Å². The van der Waals surface area contributed by atoms with Crippen LogP contribution in [0.4, 0.5) is 0 Å². The van der Waals surface area contributed by atoms with E-state index in [0.29, 0.717) is 6.42 Å². The average molecular weight is 768 g/mol. The number of aliphatic hydroxyl groups excluding tert-OH is 2. The number of hydrogen-bond donors (Lipinski definition) is 3. The third kappa shape index (κ3) is 43.1. The smallest absolute Gasteiger partial charge is 0.220 e. The van der Waals surface area contributed by atoms with Gasteiger partial charge in [-0.15, -0.1) is 0 Å². The first-order chi connectivity index (χ1) is 27.2. The van der Waals surface area contributed by atoms with Crippen molar-refractivity contribution in [1.29, 1.82) is 0 Å². The maximum atomic E-state index is 12.4. The predicted molar refractivity (Wildman–Crippen MR) is 244 cm³/mol. The fourth-order valence-electron chi connectivity index (χ4n) is 7.09. The molecule has 3 N–H and O–H groups in total. The molecule has 2 atom stereocenters. The molecule has 2 unspecified atom stereocenters. The first-order valence-electron chi connectivity index (χ1n) is 24.0. The number of hydrogen-bond acceptors (Lipinski definition) is 3. The van der Waals surface area contributed by atoms with Crippen molar-refractivity contribution in [3.8, 4) is 0 Å². The molecule has 0 aromatic rings. The number of carbonyl (C=O) groups is 1. The van der Waals surface area contributed by atoms with E-state index < -0.39 is 12.1 Å². The van der Waals surface area contributed by atoms with E-state index in [1.54, 1.807) is 6.08 Å². The lowest BCUT2D eigenvalue weighted by Gasteiger charge is -2.19. The van der Waals surface area contributed by atoms with Crippen molar-refractivity contribution in [2.45, 2.75) is 251 Å². The van der Waals surface area contributed by atoms with Crippen molar-refractivity contribution in [2.75, 3.05) is 6.61 Å². The van der Waals surface area contributed by atoms with Gasteiger partial charge in [0.1, 0.15) is 0 Å². The highest BCUT2D eigenvalue weighted by atomic mass is 16.3. The average Bonchev–Trinajstić information content (AvgIpc) is 3.19. The SMILES string of the molecule is CC/C=C\C/C=C\C/C=C\CCCCCCCCCC(=O)NC(CO)C(O)/C=C/CC/C=C/CCCCCCCCCCCCCCCCCCCCCC. The molecule has 0 saturated carbocycles. The highest BCUT2D eigenvalue weighted by Crippen LogP contribution is 2.16. The van der Waals surface area contributed by atoms with Gasteiger partial charge in [-0.25, -0.2) is 0 Å². The van der Waals surface area contributed by atoms with Crippen LogP contribution in [0.3, 0.4) is 0 Å². The Morgan fingerprint density at radius 1 is 0.455 bits per heavy atom.